The zero-order valence-corrected chi connectivity index (χ0v) is 14.6. The first-order valence-corrected chi connectivity index (χ1v) is 8.79. The lowest BCUT2D eigenvalue weighted by molar-refractivity contribution is 0.0693. The van der Waals surface area contributed by atoms with Crippen LogP contribution in [0.5, 0.6) is 5.75 Å². The van der Waals surface area contributed by atoms with Crippen molar-refractivity contribution < 1.29 is 15.0 Å². The molecule has 0 heterocycles. The monoisotopic (exact) mass is 346 g/mol. The number of carboxylic acid groups (broad SMARTS) is 1. The van der Waals surface area contributed by atoms with Gasteiger partial charge in [-0.1, -0.05) is 60.7 Å². The van der Waals surface area contributed by atoms with Crippen LogP contribution in [0.1, 0.15) is 32.6 Å². The predicted molar refractivity (Wildman–Crippen MR) is 103 cm³/mol. The van der Waals surface area contributed by atoms with E-state index in [2.05, 4.69) is 48.5 Å². The first-order valence-electron chi connectivity index (χ1n) is 8.79. The van der Waals surface area contributed by atoms with E-state index in [1.54, 1.807) is 12.1 Å². The number of aromatic hydroxyl groups is 1. The second-order valence-electron chi connectivity index (χ2n) is 6.46. The molecule has 0 bridgehead atoms. The summed E-state index contributed by atoms with van der Waals surface area (Å²) in [5.41, 5.74) is 4.78. The van der Waals surface area contributed by atoms with Crippen LogP contribution in [0.15, 0.2) is 72.8 Å². The molecule has 3 aromatic carbocycles. The predicted octanol–water partition coefficient (Wildman–Crippen LogP) is 4.66. The van der Waals surface area contributed by atoms with Gasteiger partial charge in [-0.3, -0.25) is 0 Å². The molecule has 3 heteroatoms. The Hall–Kier alpha value is -3.07. The number of carbonyl (C=O) groups is 1. The van der Waals surface area contributed by atoms with Gasteiger partial charge in [0.1, 0.15) is 11.3 Å². The highest BCUT2D eigenvalue weighted by Crippen LogP contribution is 2.20. The maximum atomic E-state index is 11.0. The summed E-state index contributed by atoms with van der Waals surface area (Å²) in [5, 5.41) is 18.8. The summed E-state index contributed by atoms with van der Waals surface area (Å²) in [6.45, 7) is 0. The molecule has 3 aromatic rings. The molecule has 3 rings (SSSR count). The summed E-state index contributed by atoms with van der Waals surface area (Å²) in [6, 6.07) is 23.8. The minimum Gasteiger partial charge on any atom is -0.507 e. The largest absolute Gasteiger partial charge is 0.507 e. The van der Waals surface area contributed by atoms with Gasteiger partial charge in [-0.2, -0.15) is 0 Å². The molecule has 3 nitrogen and oxygen atoms in total. The van der Waals surface area contributed by atoms with Crippen LogP contribution in [-0.2, 0) is 25.7 Å². The maximum absolute atomic E-state index is 11.0. The number of rotatable bonds is 7. The third-order valence-electron chi connectivity index (χ3n) is 4.53. The minimum absolute atomic E-state index is 0.0586. The van der Waals surface area contributed by atoms with Crippen LogP contribution < -0.4 is 0 Å². The van der Waals surface area contributed by atoms with Crippen molar-refractivity contribution in [2.45, 2.75) is 25.7 Å². The van der Waals surface area contributed by atoms with Crippen molar-refractivity contribution in [2.24, 2.45) is 0 Å². The molecule has 0 radical (unpaired) electrons. The van der Waals surface area contributed by atoms with E-state index in [4.69, 9.17) is 5.11 Å². The Bertz CT molecular complexity index is 885. The number of aromatic carboxylic acids is 1. The van der Waals surface area contributed by atoms with Crippen LogP contribution in [0, 0.1) is 0 Å². The molecule has 0 fully saturated rings. The minimum atomic E-state index is -1.11. The quantitative estimate of drug-likeness (QED) is 0.654. The molecule has 0 amide bonds. The van der Waals surface area contributed by atoms with Crippen molar-refractivity contribution >= 4 is 5.97 Å². The molecule has 0 saturated carbocycles. The Balaban J connectivity index is 1.60. The molecule has 0 unspecified atom stereocenters. The van der Waals surface area contributed by atoms with E-state index in [1.807, 2.05) is 6.07 Å². The SMILES string of the molecule is O=C(O)c1ccc(CCc2cccc(CCc3ccccc3)c2)cc1O. The fourth-order valence-corrected chi connectivity index (χ4v) is 3.08. The standard InChI is InChI=1S/C23H22O3/c24-22-16-20(13-14-21(22)23(25)26)12-11-19-8-4-7-18(15-19)10-9-17-5-2-1-3-6-17/h1-8,13-16,24H,9-12H2,(H,25,26). The number of benzene rings is 3. The van der Waals surface area contributed by atoms with Crippen molar-refractivity contribution in [2.75, 3.05) is 0 Å². The Morgan fingerprint density at radius 3 is 1.77 bits per heavy atom. The second-order valence-corrected chi connectivity index (χ2v) is 6.46. The summed E-state index contributed by atoms with van der Waals surface area (Å²) in [7, 11) is 0. The highest BCUT2D eigenvalue weighted by atomic mass is 16.4. The van der Waals surface area contributed by atoms with E-state index < -0.39 is 5.97 Å². The third-order valence-corrected chi connectivity index (χ3v) is 4.53. The van der Waals surface area contributed by atoms with Gasteiger partial charge < -0.3 is 10.2 Å². The van der Waals surface area contributed by atoms with Gasteiger partial charge in [-0.15, -0.1) is 0 Å². The zero-order valence-electron chi connectivity index (χ0n) is 14.6. The van der Waals surface area contributed by atoms with Gasteiger partial charge >= 0.3 is 5.97 Å². The van der Waals surface area contributed by atoms with Crippen molar-refractivity contribution in [3.05, 3.63) is 101 Å². The Morgan fingerprint density at radius 2 is 1.19 bits per heavy atom. The zero-order chi connectivity index (χ0) is 18.4. The van der Waals surface area contributed by atoms with E-state index in [0.29, 0.717) is 0 Å². The fourth-order valence-electron chi connectivity index (χ4n) is 3.08. The van der Waals surface area contributed by atoms with Gasteiger partial charge in [-0.25, -0.2) is 4.79 Å². The van der Waals surface area contributed by atoms with Gasteiger partial charge in [-0.05, 0) is 60.1 Å². The van der Waals surface area contributed by atoms with Crippen LogP contribution in [0.25, 0.3) is 0 Å². The second kappa shape index (κ2) is 8.34. The summed E-state index contributed by atoms with van der Waals surface area (Å²) >= 11 is 0. The van der Waals surface area contributed by atoms with E-state index in [9.17, 15) is 9.90 Å². The molecular weight excluding hydrogens is 324 g/mol. The smallest absolute Gasteiger partial charge is 0.339 e. The van der Waals surface area contributed by atoms with Crippen molar-refractivity contribution in [3.8, 4) is 5.75 Å². The lowest BCUT2D eigenvalue weighted by atomic mass is 9.99. The highest BCUT2D eigenvalue weighted by Gasteiger charge is 2.09. The first kappa shape index (κ1) is 17.7. The van der Waals surface area contributed by atoms with E-state index in [1.165, 1.54) is 22.8 Å². The number of hydrogen-bond acceptors (Lipinski definition) is 2. The Kier molecular flexibility index (Phi) is 5.69. The van der Waals surface area contributed by atoms with Crippen LogP contribution in [0.3, 0.4) is 0 Å². The topological polar surface area (TPSA) is 57.5 Å². The lowest BCUT2D eigenvalue weighted by Gasteiger charge is -2.07. The molecule has 0 aliphatic carbocycles. The van der Waals surface area contributed by atoms with Crippen molar-refractivity contribution in [3.63, 3.8) is 0 Å². The molecular formula is C23H22O3. The van der Waals surface area contributed by atoms with E-state index in [-0.39, 0.29) is 11.3 Å². The normalized spacial score (nSPS) is 10.6. The van der Waals surface area contributed by atoms with Crippen LogP contribution in [-0.4, -0.2) is 16.2 Å². The highest BCUT2D eigenvalue weighted by molar-refractivity contribution is 5.90. The molecule has 26 heavy (non-hydrogen) atoms. The molecule has 0 spiro atoms. The molecule has 132 valence electrons. The van der Waals surface area contributed by atoms with Gasteiger partial charge in [0.25, 0.3) is 0 Å². The molecule has 0 saturated heterocycles. The summed E-state index contributed by atoms with van der Waals surface area (Å²) < 4.78 is 0. The molecule has 0 atom stereocenters. The lowest BCUT2D eigenvalue weighted by Crippen LogP contribution is -1.99. The van der Waals surface area contributed by atoms with E-state index in [0.717, 1.165) is 31.2 Å². The summed E-state index contributed by atoms with van der Waals surface area (Å²) in [5.74, 6) is -1.29. The average molecular weight is 346 g/mol. The average Bonchev–Trinajstić information content (AvgIpc) is 2.66. The molecule has 0 aliphatic rings. The van der Waals surface area contributed by atoms with Gasteiger partial charge in [0.15, 0.2) is 0 Å². The number of aryl methyl sites for hydroxylation is 4. The van der Waals surface area contributed by atoms with Gasteiger partial charge in [0, 0.05) is 0 Å². The fraction of sp³-hybridized carbons (Fsp3) is 0.174. The van der Waals surface area contributed by atoms with Gasteiger partial charge in [0.2, 0.25) is 0 Å². The van der Waals surface area contributed by atoms with Crippen LogP contribution in [0.4, 0.5) is 0 Å². The maximum Gasteiger partial charge on any atom is 0.339 e. The van der Waals surface area contributed by atoms with Crippen LogP contribution >= 0.6 is 0 Å². The molecule has 2 N–H and O–H groups in total. The molecule has 0 aromatic heterocycles. The Morgan fingerprint density at radius 1 is 0.654 bits per heavy atom. The number of hydrogen-bond donors (Lipinski definition) is 2. The number of phenols is 1. The third kappa shape index (κ3) is 4.73. The van der Waals surface area contributed by atoms with E-state index >= 15 is 0 Å². The summed E-state index contributed by atoms with van der Waals surface area (Å²) in [4.78, 5) is 11.0. The van der Waals surface area contributed by atoms with Gasteiger partial charge in [0.05, 0.1) is 0 Å². The van der Waals surface area contributed by atoms with Crippen molar-refractivity contribution in [1.29, 1.82) is 0 Å². The first-order chi connectivity index (χ1) is 12.6. The number of carboxylic acids is 1. The van der Waals surface area contributed by atoms with Crippen LogP contribution in [0.2, 0.25) is 0 Å². The van der Waals surface area contributed by atoms with Crippen molar-refractivity contribution in [1.82, 2.24) is 0 Å². The molecule has 0 aliphatic heterocycles. The summed E-state index contributed by atoms with van der Waals surface area (Å²) in [6.07, 6.45) is 3.64. The Labute approximate surface area is 153 Å².